The molecule has 2 heterocycles. The van der Waals surface area contributed by atoms with Crippen molar-refractivity contribution >= 4 is 23.3 Å². The van der Waals surface area contributed by atoms with Gasteiger partial charge in [0.05, 0.1) is 22.9 Å². The second-order valence-corrected chi connectivity index (χ2v) is 7.85. The number of amides is 1. The minimum absolute atomic E-state index is 0.0375. The predicted octanol–water partition coefficient (Wildman–Crippen LogP) is 4.65. The first-order valence-electron chi connectivity index (χ1n) is 9.86. The lowest BCUT2D eigenvalue weighted by molar-refractivity contribution is -0.385. The number of nitrogen functional groups attached to an aromatic ring is 1. The summed E-state index contributed by atoms with van der Waals surface area (Å²) in [7, 11) is 0. The van der Waals surface area contributed by atoms with E-state index in [2.05, 4.69) is 27.1 Å². The van der Waals surface area contributed by atoms with E-state index in [4.69, 9.17) is 15.2 Å². The molecule has 0 saturated carbocycles. The Balaban J connectivity index is 1.79. The largest absolute Gasteiger partial charge is 0.453 e. The Morgan fingerprint density at radius 2 is 1.91 bits per heavy atom. The molecule has 0 aliphatic carbocycles. The van der Waals surface area contributed by atoms with Crippen LogP contribution in [0.15, 0.2) is 48.8 Å². The molecule has 11 heteroatoms. The number of non-ortho nitro benzene ring substituents is 1. The molecule has 0 fully saturated rings. The molecule has 0 aliphatic rings. The lowest BCUT2D eigenvalue weighted by Gasteiger charge is -2.19. The van der Waals surface area contributed by atoms with Gasteiger partial charge in [0, 0.05) is 18.3 Å². The van der Waals surface area contributed by atoms with E-state index in [-0.39, 0.29) is 22.9 Å². The average molecular weight is 465 g/mol. The monoisotopic (exact) mass is 465 g/mol. The molecule has 1 aromatic carbocycles. The highest BCUT2D eigenvalue weighted by Crippen LogP contribution is 2.30. The number of benzene rings is 1. The fourth-order valence-corrected chi connectivity index (χ4v) is 2.56. The van der Waals surface area contributed by atoms with E-state index in [0.717, 1.165) is 18.2 Å². The summed E-state index contributed by atoms with van der Waals surface area (Å²) < 4.78 is 25.0. The number of aromatic nitrogens is 2. The molecule has 0 spiro atoms. The maximum absolute atomic E-state index is 14.2. The zero-order chi connectivity index (χ0) is 24.9. The average Bonchev–Trinajstić information content (AvgIpc) is 2.74. The van der Waals surface area contributed by atoms with E-state index >= 15 is 0 Å². The lowest BCUT2D eigenvalue weighted by Crippen LogP contribution is -2.27. The first kappa shape index (κ1) is 23.9. The van der Waals surface area contributed by atoms with Gasteiger partial charge >= 0.3 is 6.09 Å². The number of halogens is 1. The van der Waals surface area contributed by atoms with Gasteiger partial charge < -0.3 is 15.2 Å². The van der Waals surface area contributed by atoms with E-state index in [1.807, 2.05) is 0 Å². The number of hydrogen-bond donors (Lipinski definition) is 2. The van der Waals surface area contributed by atoms with Gasteiger partial charge in [-0.3, -0.25) is 15.4 Å². The number of pyridine rings is 2. The van der Waals surface area contributed by atoms with Crippen LogP contribution in [0.25, 0.3) is 0 Å². The van der Waals surface area contributed by atoms with Gasteiger partial charge in [-0.2, -0.15) is 0 Å². The number of nitro groups is 1. The van der Waals surface area contributed by atoms with Crippen molar-refractivity contribution in [3.05, 3.63) is 76.0 Å². The molecule has 0 aliphatic heterocycles. The second kappa shape index (κ2) is 9.83. The van der Waals surface area contributed by atoms with Crippen molar-refractivity contribution < 1.29 is 23.6 Å². The summed E-state index contributed by atoms with van der Waals surface area (Å²) in [6.07, 6.45) is 2.15. The molecule has 34 heavy (non-hydrogen) atoms. The van der Waals surface area contributed by atoms with E-state index in [0.29, 0.717) is 11.4 Å². The van der Waals surface area contributed by atoms with Crippen LogP contribution >= 0.6 is 0 Å². The maximum atomic E-state index is 14.2. The summed E-state index contributed by atoms with van der Waals surface area (Å²) in [5, 5.41) is 13.4. The van der Waals surface area contributed by atoms with Crippen LogP contribution < -0.4 is 15.8 Å². The number of carbonyl (C=O) groups is 1. The van der Waals surface area contributed by atoms with Crippen LogP contribution in [-0.2, 0) is 4.74 Å². The third-order valence-electron chi connectivity index (χ3n) is 4.01. The van der Waals surface area contributed by atoms with E-state index in [1.54, 1.807) is 32.9 Å². The lowest BCUT2D eigenvalue weighted by atomic mass is 10.2. The van der Waals surface area contributed by atoms with Crippen LogP contribution in [0.3, 0.4) is 0 Å². The van der Waals surface area contributed by atoms with Crippen molar-refractivity contribution in [1.82, 2.24) is 9.97 Å². The number of anilines is 2. The molecular formula is C23H20FN5O5. The molecule has 3 rings (SSSR count). The Kier molecular flexibility index (Phi) is 6.92. The molecule has 10 nitrogen and oxygen atoms in total. The van der Waals surface area contributed by atoms with Crippen LogP contribution in [0.2, 0.25) is 0 Å². The van der Waals surface area contributed by atoms with Gasteiger partial charge in [-0.1, -0.05) is 5.92 Å². The Bertz CT molecular complexity index is 1290. The molecule has 174 valence electrons. The van der Waals surface area contributed by atoms with Crippen LogP contribution in [0.5, 0.6) is 11.5 Å². The summed E-state index contributed by atoms with van der Waals surface area (Å²) >= 11 is 0. The third-order valence-corrected chi connectivity index (χ3v) is 4.01. The second-order valence-electron chi connectivity index (χ2n) is 7.85. The van der Waals surface area contributed by atoms with Crippen LogP contribution in [0.4, 0.5) is 26.4 Å². The van der Waals surface area contributed by atoms with E-state index in [1.165, 1.54) is 18.5 Å². The van der Waals surface area contributed by atoms with Gasteiger partial charge in [-0.05, 0) is 44.9 Å². The van der Waals surface area contributed by atoms with Crippen molar-refractivity contribution in [2.45, 2.75) is 26.4 Å². The summed E-state index contributed by atoms with van der Waals surface area (Å²) in [6, 6.07) is 7.61. The zero-order valence-corrected chi connectivity index (χ0v) is 18.5. The summed E-state index contributed by atoms with van der Waals surface area (Å²) in [5.41, 5.74) is 5.82. The SMILES string of the molecule is CC(C)(C)OC(=O)Nc1ccc(C#Cc2c(Oc3ccc([N+](=O)[O-])cc3F)ccnc2N)nc1. The molecule has 3 aromatic rings. The van der Waals surface area contributed by atoms with Gasteiger partial charge in [0.2, 0.25) is 0 Å². The fourth-order valence-electron chi connectivity index (χ4n) is 2.56. The third kappa shape index (κ3) is 6.39. The minimum Gasteiger partial charge on any atom is -0.453 e. The van der Waals surface area contributed by atoms with Gasteiger partial charge in [0.25, 0.3) is 5.69 Å². The first-order chi connectivity index (χ1) is 16.0. The number of nitrogens with two attached hydrogens (primary N) is 1. The standard InChI is InChI=1S/C23H20FN5O5/c1-23(2,3)34-22(30)28-15-5-4-14(27-13-15)6-8-17-19(10-11-26-21(17)25)33-20-9-7-16(29(31)32)12-18(20)24/h4-5,7,9-13H,1-3H3,(H2,25,26)(H,28,30). The first-order valence-corrected chi connectivity index (χ1v) is 9.86. The molecule has 0 saturated heterocycles. The van der Waals surface area contributed by atoms with Crippen molar-refractivity contribution in [3.8, 4) is 23.3 Å². The zero-order valence-electron chi connectivity index (χ0n) is 18.5. The molecule has 0 radical (unpaired) electrons. The molecule has 2 aromatic heterocycles. The minimum atomic E-state index is -0.918. The number of hydrogen-bond acceptors (Lipinski definition) is 8. The molecule has 0 unspecified atom stereocenters. The summed E-state index contributed by atoms with van der Waals surface area (Å²) in [6.45, 7) is 5.25. The van der Waals surface area contributed by atoms with Crippen molar-refractivity contribution in [2.24, 2.45) is 0 Å². The Hall–Kier alpha value is -4.72. The number of rotatable bonds is 4. The number of nitrogens with zero attached hydrogens (tertiary/aromatic N) is 3. The molecule has 0 bridgehead atoms. The molecule has 1 amide bonds. The van der Waals surface area contributed by atoms with Crippen molar-refractivity contribution in [2.75, 3.05) is 11.1 Å². The molecular weight excluding hydrogens is 445 g/mol. The predicted molar refractivity (Wildman–Crippen MR) is 122 cm³/mol. The quantitative estimate of drug-likeness (QED) is 0.322. The Morgan fingerprint density at radius 1 is 1.15 bits per heavy atom. The smallest absolute Gasteiger partial charge is 0.412 e. The Labute approximate surface area is 194 Å². The van der Waals surface area contributed by atoms with Crippen LogP contribution in [-0.4, -0.2) is 26.6 Å². The maximum Gasteiger partial charge on any atom is 0.412 e. The van der Waals surface area contributed by atoms with Crippen LogP contribution in [0.1, 0.15) is 32.0 Å². The van der Waals surface area contributed by atoms with Crippen LogP contribution in [0, 0.1) is 27.8 Å². The molecule has 0 atom stereocenters. The van der Waals surface area contributed by atoms with Gasteiger partial charge in [0.15, 0.2) is 11.6 Å². The normalized spacial score (nSPS) is 10.6. The topological polar surface area (TPSA) is 142 Å². The number of nitrogens with one attached hydrogen (secondary N) is 1. The van der Waals surface area contributed by atoms with Crippen molar-refractivity contribution in [1.29, 1.82) is 0 Å². The highest BCUT2D eigenvalue weighted by molar-refractivity contribution is 5.84. The number of carbonyl (C=O) groups excluding carboxylic acids is 1. The van der Waals surface area contributed by atoms with Gasteiger partial charge in [-0.15, -0.1) is 0 Å². The highest BCUT2D eigenvalue weighted by atomic mass is 19.1. The summed E-state index contributed by atoms with van der Waals surface area (Å²) in [5.74, 6) is 4.57. The highest BCUT2D eigenvalue weighted by Gasteiger charge is 2.17. The fraction of sp³-hybridized carbons (Fsp3) is 0.174. The van der Waals surface area contributed by atoms with E-state index in [9.17, 15) is 19.3 Å². The summed E-state index contributed by atoms with van der Waals surface area (Å²) in [4.78, 5) is 30.0. The Morgan fingerprint density at radius 3 is 2.53 bits per heavy atom. The van der Waals surface area contributed by atoms with Crippen molar-refractivity contribution in [3.63, 3.8) is 0 Å². The number of ether oxygens (including phenoxy) is 2. The number of nitro benzene ring substituents is 1. The molecule has 3 N–H and O–H groups in total. The van der Waals surface area contributed by atoms with Gasteiger partial charge in [-0.25, -0.2) is 19.2 Å². The van der Waals surface area contributed by atoms with E-state index < -0.39 is 28.1 Å². The van der Waals surface area contributed by atoms with Gasteiger partial charge in [0.1, 0.15) is 28.4 Å².